The van der Waals surface area contributed by atoms with Crippen LogP contribution in [0.1, 0.15) is 18.4 Å². The summed E-state index contributed by atoms with van der Waals surface area (Å²) in [6.07, 6.45) is 4.23. The Morgan fingerprint density at radius 2 is 1.53 bits per heavy atom. The van der Waals surface area contributed by atoms with Crippen molar-refractivity contribution in [1.29, 1.82) is 0 Å². The van der Waals surface area contributed by atoms with E-state index < -0.39 is 0 Å². The second kappa shape index (κ2) is 5.15. The van der Waals surface area contributed by atoms with Gasteiger partial charge in [-0.15, -0.1) is 46.4 Å². The zero-order chi connectivity index (χ0) is 13.6. The first kappa shape index (κ1) is 14.1. The molecule has 4 unspecified atom stereocenters. The number of allylic oxidation sites excluding steroid dienone is 2. The third-order valence-electron chi connectivity index (χ3n) is 4.15. The number of halogens is 4. The molecule has 0 spiro atoms. The second-order valence-electron chi connectivity index (χ2n) is 5.31. The van der Waals surface area contributed by atoms with Crippen molar-refractivity contribution in [2.45, 2.75) is 39.8 Å². The molecule has 3 rings (SSSR count). The second-order valence-corrected chi connectivity index (χ2v) is 7.29. The molecule has 4 heteroatoms. The molecule has 0 N–H and O–H groups in total. The van der Waals surface area contributed by atoms with Crippen molar-refractivity contribution in [3.05, 3.63) is 47.5 Å². The maximum absolute atomic E-state index is 6.52. The van der Waals surface area contributed by atoms with Gasteiger partial charge in [0.05, 0.1) is 21.5 Å². The van der Waals surface area contributed by atoms with Gasteiger partial charge in [-0.2, -0.15) is 0 Å². The highest BCUT2D eigenvalue weighted by Crippen LogP contribution is 2.57. The molecular weight excluding hydrogens is 322 g/mol. The van der Waals surface area contributed by atoms with E-state index in [0.717, 1.165) is 18.4 Å². The lowest BCUT2D eigenvalue weighted by Gasteiger charge is -2.35. The van der Waals surface area contributed by atoms with E-state index in [1.807, 2.05) is 12.1 Å². The summed E-state index contributed by atoms with van der Waals surface area (Å²) in [6, 6.07) is 10.4. The Labute approximate surface area is 133 Å². The Bertz CT molecular complexity index is 492. The standard InChI is InChI=1S/C15H14Cl4/c16-11-8-10(12(17)14(19)13(11)18)15(6-7-15)9-4-2-1-3-5-9/h1-5,8,11-14H,6-7H2. The summed E-state index contributed by atoms with van der Waals surface area (Å²) in [5.41, 5.74) is 2.48. The maximum atomic E-state index is 6.52. The van der Waals surface area contributed by atoms with E-state index in [1.165, 1.54) is 5.56 Å². The summed E-state index contributed by atoms with van der Waals surface area (Å²) >= 11 is 25.4. The average Bonchev–Trinajstić information content (AvgIpc) is 3.23. The molecule has 0 saturated heterocycles. The molecule has 0 amide bonds. The van der Waals surface area contributed by atoms with Crippen LogP contribution in [0.25, 0.3) is 0 Å². The Hall–Kier alpha value is 0.120. The van der Waals surface area contributed by atoms with Gasteiger partial charge in [0.2, 0.25) is 0 Å². The molecule has 0 aliphatic heterocycles. The topological polar surface area (TPSA) is 0 Å². The van der Waals surface area contributed by atoms with Crippen molar-refractivity contribution in [1.82, 2.24) is 0 Å². The van der Waals surface area contributed by atoms with Crippen LogP contribution in [0.3, 0.4) is 0 Å². The molecular formula is C15H14Cl4. The van der Waals surface area contributed by atoms with E-state index >= 15 is 0 Å². The number of hydrogen-bond acceptors (Lipinski definition) is 0. The van der Waals surface area contributed by atoms with Gasteiger partial charge < -0.3 is 0 Å². The molecule has 2 aliphatic carbocycles. The summed E-state index contributed by atoms with van der Waals surface area (Å²) in [5.74, 6) is 0. The lowest BCUT2D eigenvalue weighted by Crippen LogP contribution is -2.40. The first-order valence-corrected chi connectivity index (χ1v) is 8.15. The SMILES string of the molecule is ClC1C=C(C2(c3ccccc3)CC2)C(Cl)C(Cl)C1Cl. The van der Waals surface area contributed by atoms with Gasteiger partial charge in [0.15, 0.2) is 0 Å². The van der Waals surface area contributed by atoms with Crippen molar-refractivity contribution < 1.29 is 0 Å². The molecule has 1 aromatic rings. The largest absolute Gasteiger partial charge is 0.119 e. The van der Waals surface area contributed by atoms with Crippen molar-refractivity contribution in [2.75, 3.05) is 0 Å². The normalized spacial score (nSPS) is 36.7. The van der Waals surface area contributed by atoms with E-state index in [-0.39, 0.29) is 26.9 Å². The van der Waals surface area contributed by atoms with Gasteiger partial charge in [0, 0.05) is 5.41 Å². The van der Waals surface area contributed by atoms with Crippen molar-refractivity contribution >= 4 is 46.4 Å². The molecule has 2 aliphatic rings. The van der Waals surface area contributed by atoms with Crippen molar-refractivity contribution in [2.24, 2.45) is 0 Å². The molecule has 19 heavy (non-hydrogen) atoms. The summed E-state index contributed by atoms with van der Waals surface area (Å²) in [7, 11) is 0. The zero-order valence-electron chi connectivity index (χ0n) is 10.2. The first-order valence-electron chi connectivity index (χ1n) is 6.40. The lowest BCUT2D eigenvalue weighted by atomic mass is 9.81. The lowest BCUT2D eigenvalue weighted by molar-refractivity contribution is 0.657. The number of alkyl halides is 4. The predicted octanol–water partition coefficient (Wildman–Crippen LogP) is 5.09. The predicted molar refractivity (Wildman–Crippen MR) is 84.0 cm³/mol. The fourth-order valence-electron chi connectivity index (χ4n) is 2.91. The molecule has 1 fully saturated rings. The third-order valence-corrected chi connectivity index (χ3v) is 6.51. The summed E-state index contributed by atoms with van der Waals surface area (Å²) < 4.78 is 0. The fraction of sp³-hybridized carbons (Fsp3) is 0.467. The van der Waals surface area contributed by atoms with Gasteiger partial charge in [0.25, 0.3) is 0 Å². The Morgan fingerprint density at radius 3 is 2.11 bits per heavy atom. The van der Waals surface area contributed by atoms with Gasteiger partial charge in [-0.1, -0.05) is 36.4 Å². The molecule has 0 radical (unpaired) electrons. The van der Waals surface area contributed by atoms with E-state index in [4.69, 9.17) is 46.4 Å². The monoisotopic (exact) mass is 334 g/mol. The highest BCUT2D eigenvalue weighted by Gasteiger charge is 2.53. The average molecular weight is 336 g/mol. The van der Waals surface area contributed by atoms with Crippen LogP contribution in [-0.2, 0) is 5.41 Å². The van der Waals surface area contributed by atoms with Crippen LogP contribution in [0.2, 0.25) is 0 Å². The van der Waals surface area contributed by atoms with E-state index in [2.05, 4.69) is 24.3 Å². The molecule has 4 atom stereocenters. The minimum absolute atomic E-state index is 0.0327. The van der Waals surface area contributed by atoms with Crippen molar-refractivity contribution in [3.63, 3.8) is 0 Å². The fourth-order valence-corrected chi connectivity index (χ4v) is 4.30. The molecule has 102 valence electrons. The van der Waals surface area contributed by atoms with E-state index in [9.17, 15) is 0 Å². The van der Waals surface area contributed by atoms with Gasteiger partial charge in [-0.05, 0) is 24.0 Å². The van der Waals surface area contributed by atoms with Crippen LogP contribution >= 0.6 is 46.4 Å². The van der Waals surface area contributed by atoms with Gasteiger partial charge in [-0.3, -0.25) is 0 Å². The quantitative estimate of drug-likeness (QED) is 0.521. The van der Waals surface area contributed by atoms with E-state index in [0.29, 0.717) is 0 Å². The molecule has 1 aromatic carbocycles. The van der Waals surface area contributed by atoms with Crippen LogP contribution in [0.15, 0.2) is 42.0 Å². The minimum Gasteiger partial charge on any atom is -0.119 e. The van der Waals surface area contributed by atoms with E-state index in [1.54, 1.807) is 0 Å². The molecule has 0 bridgehead atoms. The van der Waals surface area contributed by atoms with Crippen LogP contribution in [0.4, 0.5) is 0 Å². The van der Waals surface area contributed by atoms with Crippen molar-refractivity contribution in [3.8, 4) is 0 Å². The Kier molecular flexibility index (Phi) is 3.81. The zero-order valence-corrected chi connectivity index (χ0v) is 13.2. The van der Waals surface area contributed by atoms with Crippen LogP contribution < -0.4 is 0 Å². The maximum Gasteiger partial charge on any atom is 0.0733 e. The number of rotatable bonds is 2. The Balaban J connectivity index is 2.00. The molecule has 1 saturated carbocycles. The van der Waals surface area contributed by atoms with Gasteiger partial charge in [-0.25, -0.2) is 0 Å². The van der Waals surface area contributed by atoms with Crippen LogP contribution in [0, 0.1) is 0 Å². The highest BCUT2D eigenvalue weighted by atomic mass is 35.5. The highest BCUT2D eigenvalue weighted by molar-refractivity contribution is 6.39. The van der Waals surface area contributed by atoms with Gasteiger partial charge in [0.1, 0.15) is 0 Å². The molecule has 0 heterocycles. The van der Waals surface area contributed by atoms with Crippen LogP contribution in [0.5, 0.6) is 0 Å². The molecule has 0 nitrogen and oxygen atoms in total. The third kappa shape index (κ3) is 2.31. The minimum atomic E-state index is -0.327. The number of benzene rings is 1. The summed E-state index contributed by atoms with van der Waals surface area (Å²) in [6.45, 7) is 0. The summed E-state index contributed by atoms with van der Waals surface area (Å²) in [5, 5.41) is -1.15. The van der Waals surface area contributed by atoms with Gasteiger partial charge >= 0.3 is 0 Å². The number of hydrogen-bond donors (Lipinski definition) is 0. The Morgan fingerprint density at radius 1 is 0.895 bits per heavy atom. The summed E-state index contributed by atoms with van der Waals surface area (Å²) in [4.78, 5) is 0. The smallest absolute Gasteiger partial charge is 0.0733 e. The molecule has 0 aromatic heterocycles. The first-order chi connectivity index (χ1) is 9.06. The van der Waals surface area contributed by atoms with Crippen LogP contribution in [-0.4, -0.2) is 21.5 Å².